The summed E-state index contributed by atoms with van der Waals surface area (Å²) < 4.78 is 30.1. The number of benzene rings is 1. The van der Waals surface area contributed by atoms with Crippen molar-refractivity contribution in [1.29, 1.82) is 0 Å². The minimum atomic E-state index is -3.52. The van der Waals surface area contributed by atoms with Crippen LogP contribution < -0.4 is 4.90 Å². The predicted octanol–water partition coefficient (Wildman–Crippen LogP) is 3.16. The number of pyridine rings is 1. The van der Waals surface area contributed by atoms with Gasteiger partial charge in [0.15, 0.2) is 0 Å². The van der Waals surface area contributed by atoms with Crippen molar-refractivity contribution in [3.05, 3.63) is 66.6 Å². The van der Waals surface area contributed by atoms with Crippen LogP contribution in [0.15, 0.2) is 71.0 Å². The van der Waals surface area contributed by atoms with Crippen molar-refractivity contribution in [2.75, 3.05) is 44.8 Å². The second kappa shape index (κ2) is 9.32. The Labute approximate surface area is 200 Å². The molecule has 8 nitrogen and oxygen atoms in total. The lowest BCUT2D eigenvalue weighted by molar-refractivity contribution is 0.222. The third-order valence-electron chi connectivity index (χ3n) is 6.43. The molecule has 2 aliphatic heterocycles. The molecule has 4 heterocycles. The van der Waals surface area contributed by atoms with Crippen LogP contribution in [0, 0.1) is 0 Å². The molecular formula is C25H30N6O2S. The number of rotatable bonds is 6. The zero-order valence-electron chi connectivity index (χ0n) is 19.6. The monoisotopic (exact) mass is 478 g/mol. The van der Waals surface area contributed by atoms with Gasteiger partial charge in [0.1, 0.15) is 12.3 Å². The number of nitrogens with zero attached hydrogens (tertiary/aromatic N) is 6. The Morgan fingerprint density at radius 3 is 2.62 bits per heavy atom. The lowest BCUT2D eigenvalue weighted by atomic mass is 10.1. The number of hydrogen-bond donors (Lipinski definition) is 0. The lowest BCUT2D eigenvalue weighted by Crippen LogP contribution is -2.47. The van der Waals surface area contributed by atoms with Crippen LogP contribution in [0.5, 0.6) is 0 Å². The topological polar surface area (TPSA) is 74.0 Å². The highest BCUT2D eigenvalue weighted by atomic mass is 32.2. The van der Waals surface area contributed by atoms with Crippen molar-refractivity contribution < 1.29 is 8.42 Å². The number of aromatic nitrogens is 2. The van der Waals surface area contributed by atoms with Gasteiger partial charge in [-0.1, -0.05) is 13.0 Å². The van der Waals surface area contributed by atoms with Gasteiger partial charge in [0.05, 0.1) is 10.6 Å². The standard InChI is InChI=1S/C25H30N6O2S/c1-3-11-29-18-23(22-8-5-10-26-25(22)29)24-9-12-30(19-27-24)20-6-4-7-21(17-20)34(32,33)31-15-13-28(2)14-16-31/h4-10,12,17-18H,3,11,13-16,19H2,1-2H3. The van der Waals surface area contributed by atoms with Gasteiger partial charge in [-0.05, 0) is 49.9 Å². The number of aliphatic imine (C=N–C) groups is 1. The first kappa shape index (κ1) is 22.8. The van der Waals surface area contributed by atoms with Gasteiger partial charge in [-0.2, -0.15) is 4.31 Å². The molecule has 34 heavy (non-hydrogen) atoms. The highest BCUT2D eigenvalue weighted by molar-refractivity contribution is 7.89. The molecule has 1 aromatic carbocycles. The average Bonchev–Trinajstić information content (AvgIpc) is 3.23. The van der Waals surface area contributed by atoms with Crippen LogP contribution in [0.4, 0.5) is 5.69 Å². The van der Waals surface area contributed by atoms with E-state index in [2.05, 4.69) is 33.6 Å². The van der Waals surface area contributed by atoms with E-state index in [1.807, 2.05) is 42.6 Å². The van der Waals surface area contributed by atoms with E-state index in [9.17, 15) is 8.42 Å². The Balaban J connectivity index is 1.37. The van der Waals surface area contributed by atoms with Gasteiger partial charge in [-0.25, -0.2) is 13.4 Å². The quantitative estimate of drug-likeness (QED) is 0.544. The van der Waals surface area contributed by atoms with Crippen molar-refractivity contribution in [2.45, 2.75) is 24.8 Å². The summed E-state index contributed by atoms with van der Waals surface area (Å²) in [4.78, 5) is 13.8. The van der Waals surface area contributed by atoms with E-state index in [-0.39, 0.29) is 0 Å². The molecule has 0 saturated carbocycles. The zero-order valence-corrected chi connectivity index (χ0v) is 20.4. The first-order chi connectivity index (χ1) is 16.5. The van der Waals surface area contributed by atoms with Gasteiger partial charge in [-0.15, -0.1) is 0 Å². The van der Waals surface area contributed by atoms with E-state index in [4.69, 9.17) is 4.99 Å². The van der Waals surface area contributed by atoms with Crippen LogP contribution >= 0.6 is 0 Å². The van der Waals surface area contributed by atoms with Crippen LogP contribution in [-0.2, 0) is 16.6 Å². The summed E-state index contributed by atoms with van der Waals surface area (Å²) >= 11 is 0. The minimum Gasteiger partial charge on any atom is -0.332 e. The summed E-state index contributed by atoms with van der Waals surface area (Å²) in [6.07, 6.45) is 8.95. The first-order valence-electron chi connectivity index (χ1n) is 11.7. The number of fused-ring (bicyclic) bond motifs is 1. The average molecular weight is 479 g/mol. The molecule has 0 N–H and O–H groups in total. The molecule has 9 heteroatoms. The van der Waals surface area contributed by atoms with E-state index >= 15 is 0 Å². The fraction of sp³-hybridized carbons (Fsp3) is 0.360. The van der Waals surface area contributed by atoms with E-state index in [1.165, 1.54) is 0 Å². The fourth-order valence-electron chi connectivity index (χ4n) is 4.49. The maximum atomic E-state index is 13.2. The number of anilines is 1. The molecule has 0 atom stereocenters. The molecule has 0 spiro atoms. The summed E-state index contributed by atoms with van der Waals surface area (Å²) in [7, 11) is -1.50. The second-order valence-electron chi connectivity index (χ2n) is 8.79. The van der Waals surface area contributed by atoms with Gasteiger partial charge in [0.2, 0.25) is 10.0 Å². The van der Waals surface area contributed by atoms with Gasteiger partial charge in [0.25, 0.3) is 0 Å². The van der Waals surface area contributed by atoms with Gasteiger partial charge in [-0.3, -0.25) is 4.99 Å². The Hall–Kier alpha value is -3.01. The maximum Gasteiger partial charge on any atom is 0.243 e. The zero-order chi connectivity index (χ0) is 23.7. The second-order valence-corrected chi connectivity index (χ2v) is 10.7. The Kier molecular flexibility index (Phi) is 6.24. The van der Waals surface area contributed by atoms with Gasteiger partial charge >= 0.3 is 0 Å². The third-order valence-corrected chi connectivity index (χ3v) is 8.32. The number of allylic oxidation sites excluding steroid dienone is 1. The minimum absolute atomic E-state index is 0.325. The van der Waals surface area contributed by atoms with Crippen LogP contribution in [0.1, 0.15) is 18.9 Å². The fourth-order valence-corrected chi connectivity index (χ4v) is 5.96. The summed E-state index contributed by atoms with van der Waals surface area (Å²) in [5.41, 5.74) is 3.76. The summed E-state index contributed by atoms with van der Waals surface area (Å²) in [5.74, 6) is 0. The van der Waals surface area contributed by atoms with Crippen molar-refractivity contribution in [1.82, 2.24) is 18.8 Å². The van der Waals surface area contributed by atoms with Crippen molar-refractivity contribution in [3.63, 3.8) is 0 Å². The molecule has 0 unspecified atom stereocenters. The van der Waals surface area contributed by atoms with Crippen molar-refractivity contribution in [2.24, 2.45) is 4.99 Å². The molecule has 2 aliphatic rings. The highest BCUT2D eigenvalue weighted by Crippen LogP contribution is 2.26. The first-order valence-corrected chi connectivity index (χ1v) is 13.1. The van der Waals surface area contributed by atoms with Gasteiger partial charge < -0.3 is 14.4 Å². The SMILES string of the molecule is CCCn1cc(C2=NCN(c3cccc(S(=O)(=O)N4CCN(C)CC4)c3)C=C2)c2cccnc21. The third kappa shape index (κ3) is 4.26. The number of piperazine rings is 1. The molecular weight excluding hydrogens is 448 g/mol. The molecule has 178 valence electrons. The number of likely N-dealkylation sites (N-methyl/N-ethyl adjacent to an activating group) is 1. The Bertz CT molecular complexity index is 1350. The predicted molar refractivity (Wildman–Crippen MR) is 136 cm³/mol. The summed E-state index contributed by atoms with van der Waals surface area (Å²) in [6, 6.07) is 11.2. The van der Waals surface area contributed by atoms with Crippen LogP contribution in [0.25, 0.3) is 11.0 Å². The number of sulfonamides is 1. The van der Waals surface area contributed by atoms with E-state index in [1.54, 1.807) is 22.5 Å². The Morgan fingerprint density at radius 1 is 1.06 bits per heavy atom. The molecule has 0 radical (unpaired) electrons. The molecule has 1 saturated heterocycles. The van der Waals surface area contributed by atoms with Crippen molar-refractivity contribution >= 4 is 32.5 Å². The van der Waals surface area contributed by atoms with E-state index in [0.29, 0.717) is 24.7 Å². The van der Waals surface area contributed by atoms with Gasteiger partial charge in [0, 0.05) is 68.0 Å². The molecule has 0 aliphatic carbocycles. The van der Waals surface area contributed by atoms with E-state index in [0.717, 1.165) is 54.1 Å². The Morgan fingerprint density at radius 2 is 1.88 bits per heavy atom. The normalized spacial score (nSPS) is 17.9. The molecule has 2 aromatic heterocycles. The number of aryl methyl sites for hydroxylation is 1. The molecule has 0 bridgehead atoms. The maximum absolute atomic E-state index is 13.2. The number of hydrogen-bond acceptors (Lipinski definition) is 6. The molecule has 1 fully saturated rings. The largest absolute Gasteiger partial charge is 0.332 e. The summed E-state index contributed by atoms with van der Waals surface area (Å²) in [5, 5.41) is 1.09. The smallest absolute Gasteiger partial charge is 0.243 e. The van der Waals surface area contributed by atoms with Crippen LogP contribution in [0.2, 0.25) is 0 Å². The van der Waals surface area contributed by atoms with Crippen molar-refractivity contribution in [3.8, 4) is 0 Å². The van der Waals surface area contributed by atoms with Crippen LogP contribution in [0.3, 0.4) is 0 Å². The lowest BCUT2D eigenvalue weighted by Gasteiger charge is -2.31. The van der Waals surface area contributed by atoms with Crippen LogP contribution in [-0.4, -0.2) is 72.8 Å². The molecule has 0 amide bonds. The highest BCUT2D eigenvalue weighted by Gasteiger charge is 2.28. The summed E-state index contributed by atoms with van der Waals surface area (Å²) in [6.45, 7) is 6.00. The molecule has 5 rings (SSSR count). The molecule has 3 aromatic rings. The van der Waals surface area contributed by atoms with E-state index < -0.39 is 10.0 Å².